The van der Waals surface area contributed by atoms with Gasteiger partial charge >= 0.3 is 0 Å². The predicted octanol–water partition coefficient (Wildman–Crippen LogP) is 2.66. The molecule has 1 aliphatic carbocycles. The number of nitrogens with zero attached hydrogens (tertiary/aromatic N) is 2. The van der Waals surface area contributed by atoms with E-state index in [4.69, 9.17) is 4.74 Å². The van der Waals surface area contributed by atoms with Crippen molar-refractivity contribution >= 4 is 27.3 Å². The largest absolute Gasteiger partial charge is 0.378 e. The molecule has 0 amide bonds. The molecule has 14 heavy (non-hydrogen) atoms. The predicted molar refractivity (Wildman–Crippen MR) is 59.5 cm³/mol. The van der Waals surface area contributed by atoms with Crippen molar-refractivity contribution in [3.63, 3.8) is 0 Å². The van der Waals surface area contributed by atoms with Crippen LogP contribution in [0, 0.1) is 5.92 Å². The molecule has 1 aliphatic rings. The van der Waals surface area contributed by atoms with Crippen LogP contribution < -0.4 is 0 Å². The van der Waals surface area contributed by atoms with Crippen LogP contribution in [0.15, 0.2) is 3.92 Å². The standard InChI is InChI=1S/C9H13BrN2OS/c1-2-13-7-3-6(4-7)5-8-11-12-9(10)14-8/h6-7H,2-5H2,1H3. The summed E-state index contributed by atoms with van der Waals surface area (Å²) in [4.78, 5) is 0. The second-order valence-corrected chi connectivity index (χ2v) is 5.91. The van der Waals surface area contributed by atoms with Crippen LogP contribution in [0.1, 0.15) is 24.8 Å². The van der Waals surface area contributed by atoms with Crippen LogP contribution in [0.3, 0.4) is 0 Å². The lowest BCUT2D eigenvalue weighted by Crippen LogP contribution is -2.32. The molecule has 0 atom stereocenters. The molecule has 1 fully saturated rings. The van der Waals surface area contributed by atoms with E-state index in [1.165, 1.54) is 12.8 Å². The van der Waals surface area contributed by atoms with Gasteiger partial charge in [-0.05, 0) is 41.6 Å². The Labute approximate surface area is 96.0 Å². The number of rotatable bonds is 4. The first-order valence-corrected chi connectivity index (χ1v) is 6.48. The molecule has 0 aromatic carbocycles. The van der Waals surface area contributed by atoms with Crippen LogP contribution in [0.2, 0.25) is 0 Å². The monoisotopic (exact) mass is 276 g/mol. The van der Waals surface area contributed by atoms with Crippen molar-refractivity contribution < 1.29 is 4.74 Å². The highest BCUT2D eigenvalue weighted by molar-refractivity contribution is 9.11. The zero-order valence-corrected chi connectivity index (χ0v) is 10.5. The van der Waals surface area contributed by atoms with Gasteiger partial charge in [-0.1, -0.05) is 11.3 Å². The molecule has 1 aromatic heterocycles. The van der Waals surface area contributed by atoms with Crippen molar-refractivity contribution in [3.05, 3.63) is 8.92 Å². The SMILES string of the molecule is CCOC1CC(Cc2nnc(Br)s2)C1. The van der Waals surface area contributed by atoms with E-state index in [-0.39, 0.29) is 0 Å². The van der Waals surface area contributed by atoms with Crippen molar-refractivity contribution in [2.45, 2.75) is 32.3 Å². The van der Waals surface area contributed by atoms with Gasteiger partial charge in [0, 0.05) is 13.0 Å². The summed E-state index contributed by atoms with van der Waals surface area (Å²) in [7, 11) is 0. The first-order valence-electron chi connectivity index (χ1n) is 4.87. The van der Waals surface area contributed by atoms with E-state index in [0.29, 0.717) is 6.10 Å². The lowest BCUT2D eigenvalue weighted by atomic mass is 9.80. The normalized spacial score (nSPS) is 26.1. The second-order valence-electron chi connectivity index (χ2n) is 3.57. The molecule has 78 valence electrons. The van der Waals surface area contributed by atoms with E-state index in [2.05, 4.69) is 33.1 Å². The fourth-order valence-electron chi connectivity index (χ4n) is 1.78. The molecule has 1 aromatic rings. The summed E-state index contributed by atoms with van der Waals surface area (Å²) >= 11 is 4.95. The van der Waals surface area contributed by atoms with Gasteiger partial charge in [-0.3, -0.25) is 0 Å². The summed E-state index contributed by atoms with van der Waals surface area (Å²) in [6.07, 6.45) is 3.93. The molecule has 1 heterocycles. The van der Waals surface area contributed by atoms with E-state index in [9.17, 15) is 0 Å². The third kappa shape index (κ3) is 2.52. The fraction of sp³-hybridized carbons (Fsp3) is 0.778. The Morgan fingerprint density at radius 2 is 2.29 bits per heavy atom. The summed E-state index contributed by atoms with van der Waals surface area (Å²) < 4.78 is 6.39. The molecular weight excluding hydrogens is 264 g/mol. The van der Waals surface area contributed by atoms with E-state index < -0.39 is 0 Å². The first-order chi connectivity index (χ1) is 6.78. The maximum absolute atomic E-state index is 5.51. The van der Waals surface area contributed by atoms with Crippen molar-refractivity contribution in [1.29, 1.82) is 0 Å². The molecular formula is C9H13BrN2OS. The van der Waals surface area contributed by atoms with Crippen molar-refractivity contribution in [1.82, 2.24) is 10.2 Å². The van der Waals surface area contributed by atoms with Gasteiger partial charge in [0.15, 0.2) is 3.92 Å². The van der Waals surface area contributed by atoms with Crippen LogP contribution in [-0.2, 0) is 11.2 Å². The minimum atomic E-state index is 0.501. The quantitative estimate of drug-likeness (QED) is 0.848. The van der Waals surface area contributed by atoms with Gasteiger partial charge in [-0.2, -0.15) is 0 Å². The third-order valence-corrected chi connectivity index (χ3v) is 3.88. The summed E-state index contributed by atoms with van der Waals surface area (Å²) in [6, 6.07) is 0. The summed E-state index contributed by atoms with van der Waals surface area (Å²) in [5, 5.41) is 9.16. The molecule has 2 rings (SSSR count). The Balaban J connectivity index is 1.74. The maximum Gasteiger partial charge on any atom is 0.183 e. The van der Waals surface area contributed by atoms with Gasteiger partial charge in [0.25, 0.3) is 0 Å². The first kappa shape index (κ1) is 10.5. The van der Waals surface area contributed by atoms with Crippen LogP contribution >= 0.6 is 27.3 Å². The number of ether oxygens (including phenoxy) is 1. The highest BCUT2D eigenvalue weighted by Crippen LogP contribution is 2.33. The van der Waals surface area contributed by atoms with Crippen molar-refractivity contribution in [2.75, 3.05) is 6.61 Å². The number of aromatic nitrogens is 2. The molecule has 3 nitrogen and oxygen atoms in total. The molecule has 5 heteroatoms. The van der Waals surface area contributed by atoms with Crippen molar-refractivity contribution in [3.8, 4) is 0 Å². The van der Waals surface area contributed by atoms with Crippen LogP contribution in [-0.4, -0.2) is 22.9 Å². The molecule has 0 saturated heterocycles. The molecule has 0 radical (unpaired) electrons. The van der Waals surface area contributed by atoms with Gasteiger partial charge in [-0.15, -0.1) is 10.2 Å². The minimum absolute atomic E-state index is 0.501. The summed E-state index contributed by atoms with van der Waals surface area (Å²) in [6.45, 7) is 2.89. The lowest BCUT2D eigenvalue weighted by molar-refractivity contribution is -0.0240. The summed E-state index contributed by atoms with van der Waals surface area (Å²) in [5.41, 5.74) is 0. The zero-order chi connectivity index (χ0) is 9.97. The second kappa shape index (κ2) is 4.68. The zero-order valence-electron chi connectivity index (χ0n) is 8.07. The summed E-state index contributed by atoms with van der Waals surface area (Å²) in [5.74, 6) is 0.756. The Morgan fingerprint density at radius 1 is 1.50 bits per heavy atom. The minimum Gasteiger partial charge on any atom is -0.378 e. The number of hydrogen-bond acceptors (Lipinski definition) is 4. The maximum atomic E-state index is 5.51. The molecule has 1 saturated carbocycles. The van der Waals surface area contributed by atoms with Gasteiger partial charge < -0.3 is 4.74 Å². The smallest absolute Gasteiger partial charge is 0.183 e. The fourth-order valence-corrected chi connectivity index (χ4v) is 3.09. The highest BCUT2D eigenvalue weighted by Gasteiger charge is 2.30. The van der Waals surface area contributed by atoms with Gasteiger partial charge in [0.2, 0.25) is 0 Å². The molecule has 0 N–H and O–H groups in total. The van der Waals surface area contributed by atoms with E-state index in [1.54, 1.807) is 11.3 Å². The molecule has 0 spiro atoms. The van der Waals surface area contributed by atoms with Crippen LogP contribution in [0.25, 0.3) is 0 Å². The lowest BCUT2D eigenvalue weighted by Gasteiger charge is -2.34. The molecule has 0 bridgehead atoms. The van der Waals surface area contributed by atoms with E-state index >= 15 is 0 Å². The van der Waals surface area contributed by atoms with Crippen LogP contribution in [0.4, 0.5) is 0 Å². The van der Waals surface area contributed by atoms with Crippen LogP contribution in [0.5, 0.6) is 0 Å². The molecule has 0 unspecified atom stereocenters. The number of hydrogen-bond donors (Lipinski definition) is 0. The van der Waals surface area contributed by atoms with Gasteiger partial charge in [0.05, 0.1) is 6.10 Å². The Kier molecular flexibility index (Phi) is 3.52. The van der Waals surface area contributed by atoms with Gasteiger partial charge in [0.1, 0.15) is 5.01 Å². The third-order valence-electron chi connectivity index (χ3n) is 2.50. The van der Waals surface area contributed by atoms with Crippen molar-refractivity contribution in [2.24, 2.45) is 5.92 Å². The Hall–Kier alpha value is -0.0000000000000000833. The Bertz CT molecular complexity index is 299. The average molecular weight is 277 g/mol. The topological polar surface area (TPSA) is 35.0 Å². The average Bonchev–Trinajstić information content (AvgIpc) is 2.48. The van der Waals surface area contributed by atoms with Gasteiger partial charge in [-0.25, -0.2) is 0 Å². The highest BCUT2D eigenvalue weighted by atomic mass is 79.9. The van der Waals surface area contributed by atoms with E-state index in [0.717, 1.165) is 27.9 Å². The molecule has 0 aliphatic heterocycles. The Morgan fingerprint density at radius 3 is 2.86 bits per heavy atom. The van der Waals surface area contributed by atoms with E-state index in [1.807, 2.05) is 0 Å². The number of halogens is 1.